The number of fused-ring (bicyclic) bond motifs is 1. The molecule has 2 amide bonds. The van der Waals surface area contributed by atoms with Gasteiger partial charge in [-0.05, 0) is 19.8 Å². The van der Waals surface area contributed by atoms with Crippen molar-refractivity contribution in [2.75, 3.05) is 19.6 Å². The minimum absolute atomic E-state index is 0.102. The maximum Gasteiger partial charge on any atom is 0.223 e. The van der Waals surface area contributed by atoms with Crippen molar-refractivity contribution in [3.8, 4) is 0 Å². The van der Waals surface area contributed by atoms with Crippen LogP contribution in [0.1, 0.15) is 32.6 Å². The highest BCUT2D eigenvalue weighted by Crippen LogP contribution is 2.23. The third-order valence-electron chi connectivity index (χ3n) is 3.62. The standard InChI is InChI=1S/C12H20N2O3/c1-9(15)2-4-11(16)13-6-7-14-10(8-13)3-5-12(14)17/h9-10,15H,2-8H2,1H3. The first kappa shape index (κ1) is 12.4. The van der Waals surface area contributed by atoms with Gasteiger partial charge in [0.05, 0.1) is 6.10 Å². The second-order valence-electron chi connectivity index (χ2n) is 5.01. The number of piperazine rings is 1. The molecule has 2 heterocycles. The number of aliphatic hydroxyl groups excluding tert-OH is 1. The van der Waals surface area contributed by atoms with Crippen molar-refractivity contribution in [2.24, 2.45) is 0 Å². The van der Waals surface area contributed by atoms with Crippen molar-refractivity contribution in [3.63, 3.8) is 0 Å². The van der Waals surface area contributed by atoms with E-state index in [9.17, 15) is 9.59 Å². The third-order valence-corrected chi connectivity index (χ3v) is 3.62. The fourth-order valence-corrected chi connectivity index (χ4v) is 2.58. The molecule has 5 heteroatoms. The zero-order valence-corrected chi connectivity index (χ0v) is 10.3. The third kappa shape index (κ3) is 2.77. The van der Waals surface area contributed by atoms with Crippen molar-refractivity contribution in [2.45, 2.75) is 44.8 Å². The zero-order valence-electron chi connectivity index (χ0n) is 10.3. The molecule has 5 nitrogen and oxygen atoms in total. The Morgan fingerprint density at radius 1 is 1.53 bits per heavy atom. The zero-order chi connectivity index (χ0) is 12.4. The average Bonchev–Trinajstić information content (AvgIpc) is 2.67. The first-order valence-electron chi connectivity index (χ1n) is 6.33. The van der Waals surface area contributed by atoms with E-state index < -0.39 is 6.10 Å². The lowest BCUT2D eigenvalue weighted by Gasteiger charge is -2.37. The molecule has 0 spiro atoms. The predicted molar refractivity (Wildman–Crippen MR) is 62.2 cm³/mol. The van der Waals surface area contributed by atoms with E-state index in [-0.39, 0.29) is 17.9 Å². The predicted octanol–water partition coefficient (Wildman–Crippen LogP) is -0.0194. The maximum atomic E-state index is 11.9. The van der Waals surface area contributed by atoms with Crippen LogP contribution >= 0.6 is 0 Å². The topological polar surface area (TPSA) is 60.9 Å². The van der Waals surface area contributed by atoms with E-state index in [1.165, 1.54) is 0 Å². The van der Waals surface area contributed by atoms with Crippen molar-refractivity contribution in [1.82, 2.24) is 9.80 Å². The van der Waals surface area contributed by atoms with Crippen molar-refractivity contribution < 1.29 is 14.7 Å². The summed E-state index contributed by atoms with van der Waals surface area (Å²) in [6, 6.07) is 0.228. The molecule has 2 aliphatic rings. The van der Waals surface area contributed by atoms with Gasteiger partial charge >= 0.3 is 0 Å². The molecule has 0 aromatic rings. The molecule has 17 heavy (non-hydrogen) atoms. The number of carbonyl (C=O) groups is 2. The van der Waals surface area contributed by atoms with E-state index >= 15 is 0 Å². The molecule has 2 atom stereocenters. The van der Waals surface area contributed by atoms with E-state index in [0.717, 1.165) is 6.42 Å². The SMILES string of the molecule is CC(O)CCC(=O)N1CCN2C(=O)CCC2C1. The largest absolute Gasteiger partial charge is 0.393 e. The van der Waals surface area contributed by atoms with Crippen molar-refractivity contribution >= 4 is 11.8 Å². The Balaban J connectivity index is 1.84. The van der Waals surface area contributed by atoms with Crippen LogP contribution in [-0.2, 0) is 9.59 Å². The van der Waals surface area contributed by atoms with Gasteiger partial charge in [0.25, 0.3) is 0 Å². The van der Waals surface area contributed by atoms with Gasteiger partial charge in [-0.3, -0.25) is 9.59 Å². The first-order valence-corrected chi connectivity index (χ1v) is 6.33. The summed E-state index contributed by atoms with van der Waals surface area (Å²) in [6.07, 6.45) is 1.99. The Morgan fingerprint density at radius 2 is 2.29 bits per heavy atom. The van der Waals surface area contributed by atoms with Gasteiger partial charge in [-0.15, -0.1) is 0 Å². The number of carbonyl (C=O) groups excluding carboxylic acids is 2. The summed E-state index contributed by atoms with van der Waals surface area (Å²) in [5.74, 6) is 0.330. The van der Waals surface area contributed by atoms with Gasteiger partial charge < -0.3 is 14.9 Å². The van der Waals surface area contributed by atoms with Crippen LogP contribution in [0.4, 0.5) is 0 Å². The molecule has 96 valence electrons. The molecule has 0 aliphatic carbocycles. The van der Waals surface area contributed by atoms with Gasteiger partial charge in [0.15, 0.2) is 0 Å². The molecule has 2 saturated heterocycles. The monoisotopic (exact) mass is 240 g/mol. The number of amides is 2. The summed E-state index contributed by atoms with van der Waals surface area (Å²) in [6.45, 7) is 3.68. The van der Waals surface area contributed by atoms with Crippen LogP contribution in [0.5, 0.6) is 0 Å². The average molecular weight is 240 g/mol. The van der Waals surface area contributed by atoms with Crippen molar-refractivity contribution in [3.05, 3.63) is 0 Å². The molecule has 0 bridgehead atoms. The minimum atomic E-state index is -0.423. The van der Waals surface area contributed by atoms with Gasteiger partial charge in [-0.25, -0.2) is 0 Å². The van der Waals surface area contributed by atoms with Gasteiger partial charge in [-0.1, -0.05) is 0 Å². The Bertz CT molecular complexity index is 317. The molecule has 2 unspecified atom stereocenters. The molecule has 1 N–H and O–H groups in total. The summed E-state index contributed by atoms with van der Waals surface area (Å²) in [7, 11) is 0. The van der Waals surface area contributed by atoms with Crippen LogP contribution in [0, 0.1) is 0 Å². The summed E-state index contributed by atoms with van der Waals surface area (Å²) in [5, 5.41) is 9.16. The Hall–Kier alpha value is -1.10. The highest BCUT2D eigenvalue weighted by Gasteiger charge is 2.36. The van der Waals surface area contributed by atoms with Gasteiger partial charge in [-0.2, -0.15) is 0 Å². The molecular formula is C12H20N2O3. The van der Waals surface area contributed by atoms with E-state index in [4.69, 9.17) is 5.11 Å². The smallest absolute Gasteiger partial charge is 0.223 e. The van der Waals surface area contributed by atoms with Crippen LogP contribution in [-0.4, -0.2) is 58.5 Å². The molecule has 0 aromatic heterocycles. The molecule has 0 radical (unpaired) electrons. The van der Waals surface area contributed by atoms with Crippen LogP contribution in [0.3, 0.4) is 0 Å². The maximum absolute atomic E-state index is 11.9. The number of hydrogen-bond donors (Lipinski definition) is 1. The Kier molecular flexibility index (Phi) is 3.66. The highest BCUT2D eigenvalue weighted by molar-refractivity contribution is 5.80. The number of nitrogens with zero attached hydrogens (tertiary/aromatic N) is 2. The van der Waals surface area contributed by atoms with E-state index in [1.807, 2.05) is 9.80 Å². The summed E-state index contributed by atoms with van der Waals surface area (Å²) in [5.41, 5.74) is 0. The molecule has 2 fully saturated rings. The lowest BCUT2D eigenvalue weighted by Crippen LogP contribution is -2.53. The normalized spacial score (nSPS) is 26.0. The van der Waals surface area contributed by atoms with E-state index in [0.29, 0.717) is 38.9 Å². The number of hydrogen-bond acceptors (Lipinski definition) is 3. The van der Waals surface area contributed by atoms with Crippen molar-refractivity contribution in [1.29, 1.82) is 0 Å². The lowest BCUT2D eigenvalue weighted by molar-refractivity contribution is -0.139. The van der Waals surface area contributed by atoms with Crippen LogP contribution in [0.25, 0.3) is 0 Å². The molecule has 2 aliphatic heterocycles. The number of rotatable bonds is 3. The van der Waals surface area contributed by atoms with Gasteiger partial charge in [0.1, 0.15) is 0 Å². The lowest BCUT2D eigenvalue weighted by atomic mass is 10.1. The Labute approximate surface area is 101 Å². The second kappa shape index (κ2) is 5.04. The number of aliphatic hydroxyl groups is 1. The molecular weight excluding hydrogens is 220 g/mol. The van der Waals surface area contributed by atoms with Gasteiger partial charge in [0.2, 0.25) is 11.8 Å². The minimum Gasteiger partial charge on any atom is -0.393 e. The molecule has 0 saturated carbocycles. The van der Waals surface area contributed by atoms with E-state index in [2.05, 4.69) is 0 Å². The summed E-state index contributed by atoms with van der Waals surface area (Å²) in [4.78, 5) is 27.1. The summed E-state index contributed by atoms with van der Waals surface area (Å²) >= 11 is 0. The van der Waals surface area contributed by atoms with Crippen LogP contribution < -0.4 is 0 Å². The second-order valence-corrected chi connectivity index (χ2v) is 5.01. The Morgan fingerprint density at radius 3 is 3.00 bits per heavy atom. The fraction of sp³-hybridized carbons (Fsp3) is 0.833. The van der Waals surface area contributed by atoms with Gasteiger partial charge in [0, 0.05) is 38.5 Å². The fourth-order valence-electron chi connectivity index (χ4n) is 2.58. The van der Waals surface area contributed by atoms with Crippen LogP contribution in [0.15, 0.2) is 0 Å². The quantitative estimate of drug-likeness (QED) is 0.754. The van der Waals surface area contributed by atoms with E-state index in [1.54, 1.807) is 6.92 Å². The molecule has 2 rings (SSSR count). The highest BCUT2D eigenvalue weighted by atomic mass is 16.3. The first-order chi connectivity index (χ1) is 8.08. The van der Waals surface area contributed by atoms with Crippen LogP contribution in [0.2, 0.25) is 0 Å². The summed E-state index contributed by atoms with van der Waals surface area (Å²) < 4.78 is 0. The molecule has 0 aromatic carbocycles.